The van der Waals surface area contributed by atoms with Crippen LogP contribution in [0.5, 0.6) is 11.5 Å². The minimum atomic E-state index is -1.08. The summed E-state index contributed by atoms with van der Waals surface area (Å²) >= 11 is 6.02. The lowest BCUT2D eigenvalue weighted by Crippen LogP contribution is -2.37. The van der Waals surface area contributed by atoms with Gasteiger partial charge in [0.15, 0.2) is 17.6 Å². The molecular weight excluding hydrogens is 451 g/mol. The van der Waals surface area contributed by atoms with E-state index in [1.165, 1.54) is 42.5 Å². The molecular formula is C24H18ClFN2O5. The van der Waals surface area contributed by atoms with E-state index < -0.39 is 35.7 Å². The van der Waals surface area contributed by atoms with Gasteiger partial charge in [0.1, 0.15) is 11.7 Å². The van der Waals surface area contributed by atoms with Crippen molar-refractivity contribution >= 4 is 34.8 Å². The number of amides is 2. The number of fused-ring (bicyclic) bond motifs is 1. The van der Waals surface area contributed by atoms with Gasteiger partial charge in [-0.3, -0.25) is 14.4 Å². The van der Waals surface area contributed by atoms with Crippen molar-refractivity contribution in [2.75, 3.05) is 17.1 Å². The number of benzene rings is 3. The quantitative estimate of drug-likeness (QED) is 0.577. The molecule has 0 spiro atoms. The Morgan fingerprint density at radius 1 is 0.970 bits per heavy atom. The van der Waals surface area contributed by atoms with Crippen molar-refractivity contribution in [3.8, 4) is 11.5 Å². The second-order valence-electron chi connectivity index (χ2n) is 7.72. The highest BCUT2D eigenvalue weighted by atomic mass is 35.5. The molecule has 33 heavy (non-hydrogen) atoms. The Morgan fingerprint density at radius 2 is 1.64 bits per heavy atom. The molecule has 2 aliphatic rings. The van der Waals surface area contributed by atoms with Crippen LogP contribution in [0.15, 0.2) is 66.7 Å². The zero-order valence-electron chi connectivity index (χ0n) is 17.3. The number of methoxy groups -OCH3 is 1. The predicted octanol–water partition coefficient (Wildman–Crippen LogP) is 4.24. The lowest BCUT2D eigenvalue weighted by Gasteiger charge is -2.29. The summed E-state index contributed by atoms with van der Waals surface area (Å²) in [5.74, 6) is -2.20. The molecule has 5 rings (SSSR count). The topological polar surface area (TPSA) is 79.3 Å². The second-order valence-corrected chi connectivity index (χ2v) is 8.15. The normalized spacial score (nSPS) is 22.1. The summed E-state index contributed by atoms with van der Waals surface area (Å²) < 4.78 is 18.6. The van der Waals surface area contributed by atoms with Crippen molar-refractivity contribution in [2.45, 2.75) is 12.1 Å². The van der Waals surface area contributed by atoms with E-state index in [-0.39, 0.29) is 17.2 Å². The van der Waals surface area contributed by atoms with Gasteiger partial charge in [-0.05, 0) is 66.2 Å². The number of halogens is 2. The molecule has 0 aliphatic carbocycles. The van der Waals surface area contributed by atoms with Gasteiger partial charge < -0.3 is 9.84 Å². The Labute approximate surface area is 193 Å². The standard InChI is InChI=1S/C24H18ClFN2O5/c1-32-19-12-13(2-11-18(19)29)21-20-22(33-28(21)17-7-3-14(25)4-8-17)24(31)27(23(20)30)16-9-5-15(26)6-10-16/h2-12,20-22,29H,1H3/t20-,21+,22-/m0/s1. The molecule has 2 aliphatic heterocycles. The summed E-state index contributed by atoms with van der Waals surface area (Å²) in [6.45, 7) is 0. The monoisotopic (exact) mass is 468 g/mol. The molecule has 0 saturated carbocycles. The van der Waals surface area contributed by atoms with Gasteiger partial charge in [0.25, 0.3) is 5.91 Å². The van der Waals surface area contributed by atoms with Crippen LogP contribution in [0.1, 0.15) is 11.6 Å². The Bertz CT molecular complexity index is 1230. The molecule has 1 N–H and O–H groups in total. The van der Waals surface area contributed by atoms with Crippen molar-refractivity contribution < 1.29 is 28.7 Å². The van der Waals surface area contributed by atoms with Crippen LogP contribution in [0.2, 0.25) is 5.02 Å². The molecule has 2 amide bonds. The van der Waals surface area contributed by atoms with Gasteiger partial charge in [0.2, 0.25) is 5.91 Å². The number of hydroxylamine groups is 1. The van der Waals surface area contributed by atoms with Gasteiger partial charge in [0.05, 0.1) is 24.5 Å². The highest BCUT2D eigenvalue weighted by Crippen LogP contribution is 2.48. The number of hydrogen-bond acceptors (Lipinski definition) is 6. The van der Waals surface area contributed by atoms with Crippen LogP contribution in [0.3, 0.4) is 0 Å². The summed E-state index contributed by atoms with van der Waals surface area (Å²) in [7, 11) is 1.42. The third kappa shape index (κ3) is 3.48. The van der Waals surface area contributed by atoms with Crippen molar-refractivity contribution in [1.29, 1.82) is 0 Å². The molecule has 0 radical (unpaired) electrons. The summed E-state index contributed by atoms with van der Waals surface area (Å²) in [5.41, 5.74) is 1.47. The Morgan fingerprint density at radius 3 is 2.30 bits per heavy atom. The molecule has 2 fully saturated rings. The highest BCUT2D eigenvalue weighted by molar-refractivity contribution is 6.30. The maximum atomic E-state index is 13.5. The number of phenolic OH excluding ortho intramolecular Hbond substituents is 1. The smallest absolute Gasteiger partial charge is 0.266 e. The number of hydrogen-bond donors (Lipinski definition) is 1. The van der Waals surface area contributed by atoms with Crippen molar-refractivity contribution in [2.24, 2.45) is 5.92 Å². The van der Waals surface area contributed by atoms with Gasteiger partial charge in [0, 0.05) is 5.02 Å². The number of nitrogens with zero attached hydrogens (tertiary/aromatic N) is 2. The number of ether oxygens (including phenoxy) is 1. The first-order valence-corrected chi connectivity index (χ1v) is 10.5. The molecule has 2 heterocycles. The zero-order valence-corrected chi connectivity index (χ0v) is 18.1. The summed E-state index contributed by atoms with van der Waals surface area (Å²) in [6.07, 6.45) is -1.08. The second kappa shape index (κ2) is 8.06. The fraction of sp³-hybridized carbons (Fsp3) is 0.167. The van der Waals surface area contributed by atoms with Gasteiger partial charge in [-0.2, -0.15) is 0 Å². The summed E-state index contributed by atoms with van der Waals surface area (Å²) in [5, 5.41) is 12.1. The van der Waals surface area contributed by atoms with E-state index in [9.17, 15) is 19.1 Å². The van der Waals surface area contributed by atoms with E-state index in [0.29, 0.717) is 16.3 Å². The van der Waals surface area contributed by atoms with Crippen LogP contribution in [0.4, 0.5) is 15.8 Å². The Kier molecular flexibility index (Phi) is 5.19. The lowest BCUT2D eigenvalue weighted by molar-refractivity contribution is -0.126. The molecule has 2 saturated heterocycles. The fourth-order valence-corrected chi connectivity index (χ4v) is 4.41. The molecule has 168 valence electrons. The van der Waals surface area contributed by atoms with E-state index in [4.69, 9.17) is 21.2 Å². The van der Waals surface area contributed by atoms with E-state index in [0.717, 1.165) is 4.90 Å². The van der Waals surface area contributed by atoms with Crippen LogP contribution >= 0.6 is 11.6 Å². The van der Waals surface area contributed by atoms with Crippen molar-refractivity contribution in [3.05, 3.63) is 83.1 Å². The van der Waals surface area contributed by atoms with E-state index in [2.05, 4.69) is 0 Å². The first kappa shape index (κ1) is 21.2. The Hall–Kier alpha value is -3.62. The van der Waals surface area contributed by atoms with Gasteiger partial charge >= 0.3 is 0 Å². The first-order chi connectivity index (χ1) is 15.9. The average Bonchev–Trinajstić information content (AvgIpc) is 3.32. The predicted molar refractivity (Wildman–Crippen MR) is 119 cm³/mol. The van der Waals surface area contributed by atoms with Crippen molar-refractivity contribution in [3.63, 3.8) is 0 Å². The average molecular weight is 469 g/mol. The Balaban J connectivity index is 1.60. The maximum absolute atomic E-state index is 13.5. The van der Waals surface area contributed by atoms with Gasteiger partial charge in [-0.1, -0.05) is 17.7 Å². The number of rotatable bonds is 4. The van der Waals surface area contributed by atoms with E-state index in [1.807, 2.05) is 0 Å². The fourth-order valence-electron chi connectivity index (χ4n) is 4.29. The SMILES string of the molecule is COc1cc([C@@H]2[C@@H]3C(=O)N(c4ccc(F)cc4)C(=O)[C@H]3ON2c2ccc(Cl)cc2)ccc1O. The minimum Gasteiger partial charge on any atom is -0.504 e. The highest BCUT2D eigenvalue weighted by Gasteiger charge is 2.60. The number of phenols is 1. The van der Waals surface area contributed by atoms with E-state index >= 15 is 0 Å². The van der Waals surface area contributed by atoms with Crippen LogP contribution in [0.25, 0.3) is 0 Å². The van der Waals surface area contributed by atoms with Gasteiger partial charge in [-0.15, -0.1) is 0 Å². The molecule has 7 nitrogen and oxygen atoms in total. The molecule has 9 heteroatoms. The van der Waals surface area contributed by atoms with Gasteiger partial charge in [-0.25, -0.2) is 14.4 Å². The molecule has 0 aromatic heterocycles. The third-order valence-corrected chi connectivity index (χ3v) is 6.08. The minimum absolute atomic E-state index is 0.0588. The largest absolute Gasteiger partial charge is 0.504 e. The molecule has 3 aromatic carbocycles. The number of aromatic hydroxyl groups is 1. The maximum Gasteiger partial charge on any atom is 0.266 e. The molecule has 3 aromatic rings. The zero-order chi connectivity index (χ0) is 23.3. The summed E-state index contributed by atoms with van der Waals surface area (Å²) in [4.78, 5) is 33.8. The first-order valence-electron chi connectivity index (χ1n) is 10.1. The van der Waals surface area contributed by atoms with E-state index in [1.54, 1.807) is 36.4 Å². The van der Waals surface area contributed by atoms with Crippen molar-refractivity contribution in [1.82, 2.24) is 0 Å². The number of anilines is 2. The lowest BCUT2D eigenvalue weighted by atomic mass is 9.90. The summed E-state index contributed by atoms with van der Waals surface area (Å²) in [6, 6.07) is 15.9. The number of carbonyl (C=O) groups excluding carboxylic acids is 2. The third-order valence-electron chi connectivity index (χ3n) is 5.83. The van der Waals surface area contributed by atoms with Crippen LogP contribution in [-0.2, 0) is 14.4 Å². The molecule has 0 unspecified atom stereocenters. The van der Waals surface area contributed by atoms with Crippen LogP contribution < -0.4 is 14.7 Å². The number of imide groups is 1. The van der Waals surface area contributed by atoms with Crippen LogP contribution in [-0.4, -0.2) is 30.1 Å². The number of carbonyl (C=O) groups is 2. The molecule has 0 bridgehead atoms. The van der Waals surface area contributed by atoms with Crippen LogP contribution in [0, 0.1) is 11.7 Å². The molecule has 3 atom stereocenters.